The smallest absolute Gasteiger partial charge is 0.293 e. The molecule has 0 spiro atoms. The molecule has 0 N–H and O–H groups in total. The van der Waals surface area contributed by atoms with Crippen molar-refractivity contribution in [3.8, 4) is 51.0 Å². The van der Waals surface area contributed by atoms with Crippen molar-refractivity contribution in [1.29, 1.82) is 0 Å². The first-order valence-electron chi connectivity index (χ1n) is 26.4. The van der Waals surface area contributed by atoms with E-state index in [-0.39, 0.29) is 16.2 Å². The molecule has 0 fully saturated rings. The summed E-state index contributed by atoms with van der Waals surface area (Å²) >= 11 is 0. The zero-order valence-corrected chi connectivity index (χ0v) is 43.0. The van der Waals surface area contributed by atoms with E-state index in [9.17, 15) is 0 Å². The topological polar surface area (TPSA) is 39.3 Å². The molecule has 75 heavy (non-hydrogen) atoms. The predicted octanol–water partition coefficient (Wildman–Crippen LogP) is 14.8. The van der Waals surface area contributed by atoms with Gasteiger partial charge in [-0.1, -0.05) is 157 Å². The van der Waals surface area contributed by atoms with Gasteiger partial charge in [0.25, 0.3) is 20.2 Å². The van der Waals surface area contributed by atoms with Crippen LogP contribution in [0.2, 0.25) is 0 Å². The number of aromatic nitrogens is 3. The molecule has 0 bridgehead atoms. The first kappa shape index (κ1) is 42.9. The van der Waals surface area contributed by atoms with Gasteiger partial charge < -0.3 is 14.2 Å². The lowest BCUT2D eigenvalue weighted by Crippen LogP contribution is -2.42. The second-order valence-corrected chi connectivity index (χ2v) is 23.0. The molecule has 6 nitrogen and oxygen atoms in total. The molecule has 0 amide bonds. The molecule has 0 unspecified atom stereocenters. The summed E-state index contributed by atoms with van der Waals surface area (Å²) in [6, 6.07) is 61.4. The van der Waals surface area contributed by atoms with Crippen molar-refractivity contribution >= 4 is 64.8 Å². The van der Waals surface area contributed by atoms with Crippen molar-refractivity contribution in [3.05, 3.63) is 216 Å². The van der Waals surface area contributed by atoms with Gasteiger partial charge in [0, 0.05) is 55.8 Å². The lowest BCUT2D eigenvalue weighted by atomic mass is 9.79. The lowest BCUT2D eigenvalue weighted by molar-refractivity contribution is -0.717. The largest absolute Gasteiger partial charge is 0.435 e. The van der Waals surface area contributed by atoms with Crippen molar-refractivity contribution < 1.29 is 27.9 Å². The number of benzene rings is 9. The molecule has 12 aromatic rings. The third kappa shape index (κ3) is 5.66. The van der Waals surface area contributed by atoms with E-state index in [1.165, 1.54) is 132 Å². The Kier molecular flexibility index (Phi) is 8.45. The number of hydrogen-bond acceptors (Lipinski definition) is 3. The quantitative estimate of drug-likeness (QED) is 0.112. The van der Waals surface area contributed by atoms with Gasteiger partial charge in [-0.2, -0.15) is 13.7 Å². The summed E-state index contributed by atoms with van der Waals surface area (Å²) in [5.74, 6) is 3.07. The second kappa shape index (κ2) is 14.8. The summed E-state index contributed by atoms with van der Waals surface area (Å²) in [4.78, 5) is 0. The highest BCUT2D eigenvalue weighted by molar-refractivity contribution is 6.05. The van der Waals surface area contributed by atoms with Crippen molar-refractivity contribution in [1.82, 2.24) is 0 Å². The van der Waals surface area contributed by atoms with Crippen LogP contribution in [0, 0.1) is 0 Å². The van der Waals surface area contributed by atoms with Gasteiger partial charge in [0.05, 0.1) is 16.7 Å². The maximum atomic E-state index is 6.35. The molecule has 3 aliphatic carbocycles. The van der Waals surface area contributed by atoms with Crippen LogP contribution in [0.5, 0.6) is 17.2 Å². The monoisotopic (exact) mass is 972 g/mol. The van der Waals surface area contributed by atoms with E-state index in [1.807, 2.05) is 0 Å². The molecule has 18 rings (SSSR count). The molecule has 0 atom stereocenters. The lowest BCUT2D eigenvalue weighted by Gasteiger charge is -2.23. The molecule has 0 saturated carbocycles. The SMILES string of the molecule is CC1(C)c2c3c(cc4ccccc24)OC[n+]2cc4ccccc4c1c2-3.CC1(C)c2cc3cc4ccccc4cc3[n+]3c2-c2c(cc4ccccc4c21)OC3.CC1(C)c2ccc[n+]3c2-c2c(cc4ccccc4c21)OC3. The Morgan fingerprint density at radius 3 is 1.40 bits per heavy atom. The minimum Gasteiger partial charge on any atom is -0.435 e. The van der Waals surface area contributed by atoms with E-state index < -0.39 is 0 Å². The standard InChI is InChI=1S/C27H20NO.C23H18NO.C19H16NO/c1-27(2)21-12-19-11-16-7-3-4-8-17(16)13-22(19)28-15-29-23-14-18-9-5-6-10-20(18)25(27)24(23)26(21)28;1-23(2)20-16-9-5-3-7-14(16)11-18-19(20)22-21(23)17-10-6-4-8-15(17)12-24(22)13-25-18;1-19(2)14-8-5-9-20-11-21-15-10-12-6-3-4-7-13(12)17(19)16(15)18(14)20/h3-14H,15H2,1-2H3;3-12H,13H2,1-2H3;3-10H,11H2,1-2H3/q3*+1. The fourth-order valence-corrected chi connectivity index (χ4v) is 14.5. The maximum absolute atomic E-state index is 6.35. The summed E-state index contributed by atoms with van der Waals surface area (Å²) in [5.41, 5.74) is 17.4. The number of nitrogens with zero attached hydrogens (tertiary/aromatic N) is 3. The zero-order valence-electron chi connectivity index (χ0n) is 43.0. The van der Waals surface area contributed by atoms with E-state index in [1.54, 1.807) is 0 Å². The first-order valence-corrected chi connectivity index (χ1v) is 26.4. The van der Waals surface area contributed by atoms with Gasteiger partial charge >= 0.3 is 0 Å². The minimum atomic E-state index is -0.0738. The Morgan fingerprint density at radius 2 is 0.800 bits per heavy atom. The average Bonchev–Trinajstić information content (AvgIpc) is 3.95. The Morgan fingerprint density at radius 1 is 0.347 bits per heavy atom. The molecule has 0 saturated heterocycles. The van der Waals surface area contributed by atoms with Gasteiger partial charge in [-0.15, -0.1) is 0 Å². The van der Waals surface area contributed by atoms with E-state index in [0.717, 1.165) is 17.2 Å². The van der Waals surface area contributed by atoms with Gasteiger partial charge in [0.15, 0.2) is 12.4 Å². The molecule has 6 heteroatoms. The number of pyridine rings is 3. The Labute approximate surface area is 435 Å². The van der Waals surface area contributed by atoms with Crippen LogP contribution in [-0.2, 0) is 36.4 Å². The van der Waals surface area contributed by atoms with Crippen LogP contribution in [0.4, 0.5) is 0 Å². The summed E-state index contributed by atoms with van der Waals surface area (Å²) in [5, 5.41) is 14.2. The summed E-state index contributed by atoms with van der Waals surface area (Å²) in [7, 11) is 0. The molecule has 0 radical (unpaired) electrons. The molecular formula is C69H54N3O3+3. The normalized spacial score (nSPS) is 16.1. The second-order valence-electron chi connectivity index (χ2n) is 23.0. The van der Waals surface area contributed by atoms with Crippen LogP contribution in [0.3, 0.4) is 0 Å². The van der Waals surface area contributed by atoms with Gasteiger partial charge in [-0.25, -0.2) is 0 Å². The van der Waals surface area contributed by atoms with E-state index >= 15 is 0 Å². The summed E-state index contributed by atoms with van der Waals surface area (Å²) in [6.07, 6.45) is 4.35. The summed E-state index contributed by atoms with van der Waals surface area (Å²) in [6.45, 7) is 15.8. The van der Waals surface area contributed by atoms with Crippen LogP contribution in [0.25, 0.3) is 98.5 Å². The summed E-state index contributed by atoms with van der Waals surface area (Å²) < 4.78 is 25.4. The molecule has 360 valence electrons. The number of ether oxygens (including phenoxy) is 3. The Hall–Kier alpha value is -8.61. The fourth-order valence-electron chi connectivity index (χ4n) is 14.5. The highest BCUT2D eigenvalue weighted by Crippen LogP contribution is 2.58. The van der Waals surface area contributed by atoms with Crippen molar-refractivity contribution in [2.24, 2.45) is 0 Å². The maximum Gasteiger partial charge on any atom is 0.293 e. The van der Waals surface area contributed by atoms with Crippen LogP contribution in [-0.4, -0.2) is 0 Å². The van der Waals surface area contributed by atoms with E-state index in [4.69, 9.17) is 14.2 Å². The zero-order chi connectivity index (χ0) is 50.3. The van der Waals surface area contributed by atoms with Gasteiger partial charge in [-0.05, 0) is 108 Å². The van der Waals surface area contributed by atoms with Gasteiger partial charge in [0.2, 0.25) is 22.6 Å². The third-order valence-corrected chi connectivity index (χ3v) is 17.8. The van der Waals surface area contributed by atoms with Crippen LogP contribution in [0.15, 0.2) is 182 Å². The van der Waals surface area contributed by atoms with Crippen molar-refractivity contribution in [2.45, 2.75) is 78.0 Å². The molecule has 9 aromatic carbocycles. The molecule has 6 heterocycles. The third-order valence-electron chi connectivity index (χ3n) is 17.8. The predicted molar refractivity (Wildman–Crippen MR) is 300 cm³/mol. The Balaban J connectivity index is 0.0000000966. The molecule has 3 aliphatic heterocycles. The van der Waals surface area contributed by atoms with E-state index in [2.05, 4.69) is 237 Å². The van der Waals surface area contributed by atoms with Crippen LogP contribution in [0.1, 0.15) is 74.9 Å². The number of hydrogen-bond donors (Lipinski definition) is 0. The van der Waals surface area contributed by atoms with Crippen molar-refractivity contribution in [2.75, 3.05) is 0 Å². The molecular weight excluding hydrogens is 919 g/mol. The van der Waals surface area contributed by atoms with Gasteiger partial charge in [-0.3, -0.25) is 0 Å². The van der Waals surface area contributed by atoms with Gasteiger partial charge in [0.1, 0.15) is 17.2 Å². The number of rotatable bonds is 0. The fraction of sp³-hybridized carbons (Fsp3) is 0.174. The average molecular weight is 973 g/mol. The van der Waals surface area contributed by atoms with Crippen molar-refractivity contribution in [3.63, 3.8) is 0 Å². The van der Waals surface area contributed by atoms with Crippen LogP contribution < -0.4 is 27.9 Å². The minimum absolute atomic E-state index is 0.0109. The number of fused-ring (bicyclic) bond motifs is 11. The van der Waals surface area contributed by atoms with E-state index in [0.29, 0.717) is 20.2 Å². The molecule has 3 aromatic heterocycles. The van der Waals surface area contributed by atoms with Crippen LogP contribution >= 0.6 is 0 Å². The Bertz CT molecular complexity index is 4490. The molecule has 6 aliphatic rings. The highest BCUT2D eigenvalue weighted by Gasteiger charge is 2.50. The highest BCUT2D eigenvalue weighted by atomic mass is 16.5. The first-order chi connectivity index (χ1) is 36.5.